The molecule has 3 aromatic carbocycles. The Hall–Kier alpha value is -2.53. The van der Waals surface area contributed by atoms with Crippen molar-refractivity contribution in [2.75, 3.05) is 20.8 Å². The third-order valence-electron chi connectivity index (χ3n) is 4.16. The number of hydrogen-bond donors (Lipinski definition) is 0. The average Bonchev–Trinajstić information content (AvgIpc) is 2.66. The number of hydrogen-bond acceptors (Lipinski definition) is 3. The minimum atomic E-state index is -0.0970. The molecule has 3 rings (SSSR count). The summed E-state index contributed by atoms with van der Waals surface area (Å²) in [5.41, 5.74) is 0.934. The summed E-state index contributed by atoms with van der Waals surface area (Å²) in [5, 5.41) is 2.23. The van der Waals surface area contributed by atoms with Crippen molar-refractivity contribution in [3.63, 3.8) is 0 Å². The van der Waals surface area contributed by atoms with Gasteiger partial charge in [-0.2, -0.15) is 0 Å². The molecule has 0 fully saturated rings. The van der Waals surface area contributed by atoms with Crippen LogP contribution < -0.4 is 9.47 Å². The van der Waals surface area contributed by atoms with E-state index in [-0.39, 0.29) is 12.5 Å². The lowest BCUT2D eigenvalue weighted by Gasteiger charge is -2.19. The van der Waals surface area contributed by atoms with Gasteiger partial charge in [0.05, 0.1) is 7.11 Å². The van der Waals surface area contributed by atoms with Crippen LogP contribution >= 0.6 is 15.9 Å². The molecule has 1 amide bonds. The molecule has 0 heterocycles. The van der Waals surface area contributed by atoms with E-state index >= 15 is 0 Å². The summed E-state index contributed by atoms with van der Waals surface area (Å²) in [4.78, 5) is 14.0. The molecular weight excluding hydrogens is 394 g/mol. The molecule has 0 saturated heterocycles. The van der Waals surface area contributed by atoms with E-state index in [0.29, 0.717) is 12.3 Å². The van der Waals surface area contributed by atoms with Gasteiger partial charge >= 0.3 is 0 Å². The molecule has 0 aliphatic carbocycles. The number of nitrogens with zero attached hydrogens (tertiary/aromatic N) is 1. The lowest BCUT2D eigenvalue weighted by molar-refractivity contribution is -0.132. The zero-order chi connectivity index (χ0) is 18.5. The molecule has 0 unspecified atom stereocenters. The Kier molecular flexibility index (Phi) is 5.78. The summed E-state index contributed by atoms with van der Waals surface area (Å²) in [6, 6.07) is 19.6. The summed E-state index contributed by atoms with van der Waals surface area (Å²) in [6.07, 6.45) is 0. The van der Waals surface area contributed by atoms with E-state index in [2.05, 4.69) is 15.9 Å². The Morgan fingerprint density at radius 2 is 1.81 bits per heavy atom. The largest absolute Gasteiger partial charge is 0.496 e. The van der Waals surface area contributed by atoms with Gasteiger partial charge in [0.15, 0.2) is 6.61 Å². The standard InChI is InChI=1S/C21H20BrNO3/c1-23(13-17-11-18(22)8-10-20(17)25-2)21(24)14-26-19-9-7-15-5-3-4-6-16(15)12-19/h3-12H,13-14H2,1-2H3. The first kappa shape index (κ1) is 18.3. The van der Waals surface area contributed by atoms with Crippen LogP contribution in [0, 0.1) is 0 Å². The van der Waals surface area contributed by atoms with Gasteiger partial charge in [0.1, 0.15) is 11.5 Å². The molecule has 0 aromatic heterocycles. The van der Waals surface area contributed by atoms with Crippen LogP contribution in [0.1, 0.15) is 5.56 Å². The smallest absolute Gasteiger partial charge is 0.260 e. The maximum Gasteiger partial charge on any atom is 0.260 e. The molecule has 0 spiro atoms. The SMILES string of the molecule is COc1ccc(Br)cc1CN(C)C(=O)COc1ccc2ccccc2c1. The van der Waals surface area contributed by atoms with Crippen LogP contribution in [0.2, 0.25) is 0 Å². The van der Waals surface area contributed by atoms with Crippen molar-refractivity contribution in [2.45, 2.75) is 6.54 Å². The molecule has 0 aliphatic heterocycles. The Morgan fingerprint density at radius 1 is 1.04 bits per heavy atom. The molecular formula is C21H20BrNO3. The summed E-state index contributed by atoms with van der Waals surface area (Å²) in [7, 11) is 3.38. The maximum absolute atomic E-state index is 12.4. The predicted molar refractivity (Wildman–Crippen MR) is 107 cm³/mol. The highest BCUT2D eigenvalue weighted by Crippen LogP contribution is 2.24. The fourth-order valence-electron chi connectivity index (χ4n) is 2.73. The van der Waals surface area contributed by atoms with Crippen molar-refractivity contribution in [1.29, 1.82) is 0 Å². The third kappa shape index (κ3) is 4.35. The summed E-state index contributed by atoms with van der Waals surface area (Å²) in [6.45, 7) is 0.438. The Labute approximate surface area is 161 Å². The van der Waals surface area contributed by atoms with Gasteiger partial charge in [-0.05, 0) is 41.1 Å². The Morgan fingerprint density at radius 3 is 2.58 bits per heavy atom. The average molecular weight is 414 g/mol. The van der Waals surface area contributed by atoms with E-state index in [1.54, 1.807) is 19.1 Å². The molecule has 3 aromatic rings. The van der Waals surface area contributed by atoms with Crippen molar-refractivity contribution in [2.24, 2.45) is 0 Å². The molecule has 0 saturated carbocycles. The van der Waals surface area contributed by atoms with Crippen LogP contribution in [0.4, 0.5) is 0 Å². The molecule has 134 valence electrons. The second kappa shape index (κ2) is 8.23. The van der Waals surface area contributed by atoms with E-state index in [4.69, 9.17) is 9.47 Å². The van der Waals surface area contributed by atoms with Crippen molar-refractivity contribution >= 4 is 32.6 Å². The molecule has 0 bridgehead atoms. The fraction of sp³-hybridized carbons (Fsp3) is 0.190. The zero-order valence-corrected chi connectivity index (χ0v) is 16.3. The first-order chi connectivity index (χ1) is 12.6. The van der Waals surface area contributed by atoms with E-state index in [1.165, 1.54) is 0 Å². The normalized spacial score (nSPS) is 10.6. The lowest BCUT2D eigenvalue weighted by Crippen LogP contribution is -2.31. The molecule has 0 atom stereocenters. The topological polar surface area (TPSA) is 38.8 Å². The van der Waals surface area contributed by atoms with E-state index in [0.717, 1.165) is 26.6 Å². The molecule has 0 radical (unpaired) electrons. The number of benzene rings is 3. The molecule has 0 aliphatic rings. The van der Waals surface area contributed by atoms with Gasteiger partial charge in [-0.25, -0.2) is 0 Å². The van der Waals surface area contributed by atoms with Crippen molar-refractivity contribution in [1.82, 2.24) is 4.90 Å². The Balaban J connectivity index is 1.63. The van der Waals surface area contributed by atoms with Crippen LogP contribution in [0.5, 0.6) is 11.5 Å². The van der Waals surface area contributed by atoms with Gasteiger partial charge in [0.25, 0.3) is 5.91 Å². The van der Waals surface area contributed by atoms with Gasteiger partial charge in [-0.15, -0.1) is 0 Å². The number of amides is 1. The van der Waals surface area contributed by atoms with Gasteiger partial charge in [-0.1, -0.05) is 46.3 Å². The highest BCUT2D eigenvalue weighted by Gasteiger charge is 2.13. The number of methoxy groups -OCH3 is 1. The second-order valence-corrected chi connectivity index (χ2v) is 6.92. The number of rotatable bonds is 6. The first-order valence-electron chi connectivity index (χ1n) is 8.25. The molecule has 26 heavy (non-hydrogen) atoms. The first-order valence-corrected chi connectivity index (χ1v) is 9.04. The van der Waals surface area contributed by atoms with Crippen LogP contribution in [0.25, 0.3) is 10.8 Å². The Bertz CT molecular complexity index is 926. The monoisotopic (exact) mass is 413 g/mol. The highest BCUT2D eigenvalue weighted by atomic mass is 79.9. The minimum Gasteiger partial charge on any atom is -0.496 e. The van der Waals surface area contributed by atoms with E-state index < -0.39 is 0 Å². The second-order valence-electron chi connectivity index (χ2n) is 6.00. The number of ether oxygens (including phenoxy) is 2. The summed E-state index contributed by atoms with van der Waals surface area (Å²) < 4.78 is 12.0. The van der Waals surface area contributed by atoms with Crippen LogP contribution in [0.15, 0.2) is 65.1 Å². The molecule has 4 nitrogen and oxygen atoms in total. The number of carbonyl (C=O) groups excluding carboxylic acids is 1. The van der Waals surface area contributed by atoms with Crippen LogP contribution in [-0.4, -0.2) is 31.6 Å². The number of carbonyl (C=O) groups is 1. The maximum atomic E-state index is 12.4. The van der Waals surface area contributed by atoms with Crippen molar-refractivity contribution < 1.29 is 14.3 Å². The van der Waals surface area contributed by atoms with Gasteiger partial charge in [-0.3, -0.25) is 4.79 Å². The van der Waals surface area contributed by atoms with E-state index in [9.17, 15) is 4.79 Å². The predicted octanol–water partition coefficient (Wildman–Crippen LogP) is 4.65. The number of fused-ring (bicyclic) bond motifs is 1. The highest BCUT2D eigenvalue weighted by molar-refractivity contribution is 9.10. The zero-order valence-electron chi connectivity index (χ0n) is 14.7. The summed E-state index contributed by atoms with van der Waals surface area (Å²) in [5.74, 6) is 1.34. The van der Waals surface area contributed by atoms with Gasteiger partial charge < -0.3 is 14.4 Å². The van der Waals surface area contributed by atoms with E-state index in [1.807, 2.05) is 60.7 Å². The number of likely N-dealkylation sites (N-methyl/N-ethyl adjacent to an activating group) is 1. The van der Waals surface area contributed by atoms with Crippen LogP contribution in [-0.2, 0) is 11.3 Å². The van der Waals surface area contributed by atoms with Crippen LogP contribution in [0.3, 0.4) is 0 Å². The third-order valence-corrected chi connectivity index (χ3v) is 4.65. The van der Waals surface area contributed by atoms with Gasteiger partial charge in [0, 0.05) is 23.6 Å². The quantitative estimate of drug-likeness (QED) is 0.590. The molecule has 0 N–H and O–H groups in total. The molecule has 5 heteroatoms. The minimum absolute atomic E-state index is 0.00877. The lowest BCUT2D eigenvalue weighted by atomic mass is 10.1. The van der Waals surface area contributed by atoms with Crippen molar-refractivity contribution in [3.8, 4) is 11.5 Å². The summed E-state index contributed by atoms with van der Waals surface area (Å²) >= 11 is 3.45. The number of halogens is 1. The van der Waals surface area contributed by atoms with Crippen molar-refractivity contribution in [3.05, 3.63) is 70.7 Å². The van der Waals surface area contributed by atoms with Gasteiger partial charge in [0.2, 0.25) is 0 Å². The fourth-order valence-corrected chi connectivity index (χ4v) is 3.14.